The van der Waals surface area contributed by atoms with Crippen molar-refractivity contribution in [3.63, 3.8) is 0 Å². The summed E-state index contributed by atoms with van der Waals surface area (Å²) in [7, 11) is 0. The molecule has 18 aromatic carbocycles. The number of para-hydroxylation sites is 6. The molecule has 0 spiro atoms. The molecule has 2 heterocycles. The summed E-state index contributed by atoms with van der Waals surface area (Å²) in [6, 6.07) is 166. The molecule has 2 aromatic heterocycles. The van der Waals surface area contributed by atoms with Gasteiger partial charge in [-0.15, -0.1) is 0 Å². The molecule has 0 amide bonds. The molecule has 4 nitrogen and oxygen atoms in total. The number of hydrogen-bond acceptors (Lipinski definition) is 2. The normalized spacial score (nSPS) is 11.2. The van der Waals surface area contributed by atoms with E-state index in [0.29, 0.717) is 0 Å². The number of rotatable bonds is 16. The van der Waals surface area contributed by atoms with E-state index in [9.17, 15) is 0 Å². The van der Waals surface area contributed by atoms with Gasteiger partial charge in [-0.2, -0.15) is 0 Å². The average Bonchev–Trinajstić information content (AvgIpc) is 1.52. The van der Waals surface area contributed by atoms with E-state index < -0.39 is 0 Å². The second-order valence-corrected chi connectivity index (χ2v) is 28.3. The smallest absolute Gasteiger partial charge is 0.0541 e. The maximum atomic E-state index is 2.43. The predicted molar refractivity (Wildman–Crippen MR) is 474 cm³/mol. The fourth-order valence-corrected chi connectivity index (χ4v) is 16.3. The highest BCUT2D eigenvalue weighted by Gasteiger charge is 2.24. The molecular weight excluding hydrogens is 1350 g/mol. The number of aromatic nitrogens is 2. The van der Waals surface area contributed by atoms with E-state index in [0.717, 1.165) is 56.6 Å². The number of nitrogens with zero attached hydrogens (tertiary/aromatic N) is 4. The average molecular weight is 1430 g/mol. The molecule has 0 N–H and O–H groups in total. The molecule has 20 rings (SSSR count). The predicted octanol–water partition coefficient (Wildman–Crippen LogP) is 29.8. The third-order valence-electron chi connectivity index (χ3n) is 21.6. The number of anilines is 6. The minimum absolute atomic E-state index is 1.08. The zero-order valence-electron chi connectivity index (χ0n) is 61.7. The Kier molecular flexibility index (Phi) is 18.4. The molecule has 0 bridgehead atoms. The van der Waals surface area contributed by atoms with Crippen LogP contribution in [0.3, 0.4) is 0 Å². The zero-order chi connectivity index (χ0) is 74.5. The Labute approximate surface area is 653 Å². The Hall–Kier alpha value is -14.8. The van der Waals surface area contributed by atoms with Gasteiger partial charge in [0.25, 0.3) is 0 Å². The maximum absolute atomic E-state index is 2.43. The fraction of sp³-hybridized carbons (Fsp3) is 0. The second kappa shape index (κ2) is 30.4. The van der Waals surface area contributed by atoms with E-state index >= 15 is 0 Å². The van der Waals surface area contributed by atoms with Crippen LogP contribution in [-0.2, 0) is 0 Å². The molecular formula is C108H76N4. The van der Waals surface area contributed by atoms with Crippen LogP contribution < -0.4 is 9.80 Å². The minimum atomic E-state index is 1.08. The van der Waals surface area contributed by atoms with Crippen LogP contribution in [0.1, 0.15) is 0 Å². The van der Waals surface area contributed by atoms with Gasteiger partial charge in [0, 0.05) is 66.7 Å². The van der Waals surface area contributed by atoms with E-state index in [1.807, 2.05) is 0 Å². The molecule has 0 radical (unpaired) electrons. The van der Waals surface area contributed by atoms with E-state index in [2.05, 4.69) is 480 Å². The number of hydrogen-bond donors (Lipinski definition) is 0. The van der Waals surface area contributed by atoms with Crippen LogP contribution in [-0.4, -0.2) is 9.13 Å². The Bertz CT molecular complexity index is 6600. The van der Waals surface area contributed by atoms with Gasteiger partial charge in [0.1, 0.15) is 0 Å². The summed E-state index contributed by atoms with van der Waals surface area (Å²) >= 11 is 0. The van der Waals surface area contributed by atoms with E-state index in [-0.39, 0.29) is 0 Å². The Morgan fingerprint density at radius 2 is 0.393 bits per heavy atom. The topological polar surface area (TPSA) is 16.3 Å². The van der Waals surface area contributed by atoms with Crippen molar-refractivity contribution in [2.75, 3.05) is 9.80 Å². The first kappa shape index (κ1) is 67.7. The molecule has 0 unspecified atom stereocenters. The first-order valence-electron chi connectivity index (χ1n) is 38.4. The molecule has 112 heavy (non-hydrogen) atoms. The summed E-state index contributed by atoms with van der Waals surface area (Å²) in [6.45, 7) is 0. The lowest BCUT2D eigenvalue weighted by atomic mass is 9.94. The summed E-state index contributed by atoms with van der Waals surface area (Å²) in [5, 5.41) is 5.06. The fourth-order valence-electron chi connectivity index (χ4n) is 16.3. The lowest BCUT2D eigenvalue weighted by Gasteiger charge is -2.30. The van der Waals surface area contributed by atoms with Crippen LogP contribution in [0.25, 0.3) is 144 Å². The third kappa shape index (κ3) is 13.2. The number of fused-ring (bicyclic) bond motifs is 6. The van der Waals surface area contributed by atoms with Crippen LogP contribution in [0, 0.1) is 0 Å². The molecule has 0 atom stereocenters. The lowest BCUT2D eigenvalue weighted by Crippen LogP contribution is -2.12. The van der Waals surface area contributed by atoms with Gasteiger partial charge < -0.3 is 18.9 Å². The van der Waals surface area contributed by atoms with Gasteiger partial charge in [-0.1, -0.05) is 352 Å². The van der Waals surface area contributed by atoms with Crippen molar-refractivity contribution in [3.05, 3.63) is 461 Å². The second-order valence-electron chi connectivity index (χ2n) is 28.3. The SMILES string of the molecule is c1ccc(-c2ccc(N(c3ccc(-c4cccc(-n5c6ccccc6c6ccccc65)c4)cc3)c3ccccc3-c3ccccc3)c(-c3ccccc3)c2)cc1.c1ccc(-c2ccccc2-c2ccc(N(c3ccc(-c4cccc(-n5c6ccccc6c6ccccc65)c4)cc3)c3ccccc3-c3ccccc3)cc2)cc1. The molecule has 0 fully saturated rings. The molecule has 0 aliphatic rings. The molecule has 0 aliphatic carbocycles. The van der Waals surface area contributed by atoms with Crippen LogP contribution in [0.2, 0.25) is 0 Å². The Balaban J connectivity index is 0.000000151. The molecule has 20 aromatic rings. The molecule has 0 saturated carbocycles. The largest absolute Gasteiger partial charge is 0.310 e. The third-order valence-corrected chi connectivity index (χ3v) is 21.6. The van der Waals surface area contributed by atoms with Crippen molar-refractivity contribution in [2.24, 2.45) is 0 Å². The molecule has 4 heteroatoms. The van der Waals surface area contributed by atoms with E-state index in [1.54, 1.807) is 0 Å². The minimum Gasteiger partial charge on any atom is -0.310 e. The molecule has 528 valence electrons. The van der Waals surface area contributed by atoms with Crippen LogP contribution in [0.5, 0.6) is 0 Å². The molecule has 0 aliphatic heterocycles. The van der Waals surface area contributed by atoms with Crippen molar-refractivity contribution in [1.29, 1.82) is 0 Å². The quantitative estimate of drug-likeness (QED) is 0.0959. The van der Waals surface area contributed by atoms with Crippen molar-refractivity contribution < 1.29 is 0 Å². The van der Waals surface area contributed by atoms with Crippen LogP contribution in [0.4, 0.5) is 34.1 Å². The first-order chi connectivity index (χ1) is 55.6. The van der Waals surface area contributed by atoms with Crippen molar-refractivity contribution in [1.82, 2.24) is 9.13 Å². The van der Waals surface area contributed by atoms with Gasteiger partial charge >= 0.3 is 0 Å². The van der Waals surface area contributed by atoms with Gasteiger partial charge in [0.15, 0.2) is 0 Å². The Morgan fingerprint density at radius 1 is 0.143 bits per heavy atom. The summed E-state index contributed by atoms with van der Waals surface area (Å²) in [6.07, 6.45) is 0. The number of benzene rings is 18. The van der Waals surface area contributed by atoms with E-state index in [4.69, 9.17) is 0 Å². The molecule has 0 saturated heterocycles. The van der Waals surface area contributed by atoms with Gasteiger partial charge in [-0.05, 0) is 182 Å². The van der Waals surface area contributed by atoms with Crippen molar-refractivity contribution >= 4 is 77.7 Å². The highest BCUT2D eigenvalue weighted by molar-refractivity contribution is 6.11. The van der Waals surface area contributed by atoms with Gasteiger partial charge in [-0.3, -0.25) is 0 Å². The van der Waals surface area contributed by atoms with Crippen molar-refractivity contribution in [3.8, 4) is 100 Å². The maximum Gasteiger partial charge on any atom is 0.0541 e. The summed E-state index contributed by atoms with van der Waals surface area (Å²) in [5.41, 5.74) is 32.7. The standard InChI is InChI=1S/2C54H38N2/c1-4-17-39(18-5-1)44-33-36-54(50(38-44)42-21-8-3-9-22-42)55(51-28-13-10-25-47(51)41-19-6-2-7-20-41)45-34-31-40(32-35-45)43-23-16-24-46(37-43)56-52-29-14-11-26-48(52)49-27-12-15-30-53(49)56;1-3-16-40(17-4-1)47-22-7-8-23-48(47)42-32-36-45(37-33-42)55(52-27-12-9-24-49(52)41-18-5-2-6-19-41)44-34-30-39(31-35-44)43-20-15-21-46(38-43)56-53-28-13-10-25-50(53)51-26-11-14-29-54(51)56/h2*1-38H. The summed E-state index contributed by atoms with van der Waals surface area (Å²) < 4.78 is 4.77. The summed E-state index contributed by atoms with van der Waals surface area (Å²) in [5.74, 6) is 0. The van der Waals surface area contributed by atoms with E-state index in [1.165, 1.54) is 122 Å². The lowest BCUT2D eigenvalue weighted by molar-refractivity contribution is 1.18. The van der Waals surface area contributed by atoms with Crippen LogP contribution >= 0.6 is 0 Å². The van der Waals surface area contributed by atoms with Crippen molar-refractivity contribution in [2.45, 2.75) is 0 Å². The van der Waals surface area contributed by atoms with Gasteiger partial charge in [0.05, 0.1) is 39.1 Å². The van der Waals surface area contributed by atoms with Gasteiger partial charge in [-0.25, -0.2) is 0 Å². The Morgan fingerprint density at radius 3 is 0.795 bits per heavy atom. The summed E-state index contributed by atoms with van der Waals surface area (Å²) in [4.78, 5) is 4.81. The van der Waals surface area contributed by atoms with Gasteiger partial charge in [0.2, 0.25) is 0 Å². The first-order valence-corrected chi connectivity index (χ1v) is 38.4. The highest BCUT2D eigenvalue weighted by Crippen LogP contribution is 2.48. The highest BCUT2D eigenvalue weighted by atomic mass is 15.2. The zero-order valence-corrected chi connectivity index (χ0v) is 61.7. The monoisotopic (exact) mass is 1430 g/mol. The van der Waals surface area contributed by atoms with Crippen LogP contribution in [0.15, 0.2) is 461 Å².